The van der Waals surface area contributed by atoms with Gasteiger partial charge in [-0.25, -0.2) is 4.39 Å². The van der Waals surface area contributed by atoms with E-state index in [1.807, 2.05) is 0 Å². The zero-order valence-electron chi connectivity index (χ0n) is 9.27. The molecule has 0 saturated heterocycles. The second-order valence-corrected chi connectivity index (χ2v) is 3.39. The molecular weight excluding hydrogens is 227 g/mol. The Hall–Kier alpha value is -1.95. The molecule has 3 N–H and O–H groups in total. The fourth-order valence-electron chi connectivity index (χ4n) is 1.31. The summed E-state index contributed by atoms with van der Waals surface area (Å²) < 4.78 is 17.3. The van der Waals surface area contributed by atoms with Crippen LogP contribution >= 0.6 is 0 Å². The van der Waals surface area contributed by atoms with E-state index in [0.29, 0.717) is 5.56 Å². The molecule has 2 amide bonds. The van der Waals surface area contributed by atoms with Crippen LogP contribution in [0.15, 0.2) is 24.3 Å². The molecule has 1 atom stereocenters. The quantitative estimate of drug-likeness (QED) is 0.766. The van der Waals surface area contributed by atoms with E-state index in [1.165, 1.54) is 31.4 Å². The molecule has 1 aromatic carbocycles. The van der Waals surface area contributed by atoms with Crippen LogP contribution in [0, 0.1) is 5.82 Å². The maximum Gasteiger partial charge on any atom is 0.246 e. The summed E-state index contributed by atoms with van der Waals surface area (Å²) in [6.07, 6.45) is 0. The van der Waals surface area contributed by atoms with Gasteiger partial charge < -0.3 is 15.8 Å². The van der Waals surface area contributed by atoms with Crippen molar-refractivity contribution in [1.82, 2.24) is 5.32 Å². The molecule has 0 fully saturated rings. The number of carbonyl (C=O) groups excluding carboxylic acids is 2. The number of methoxy groups -OCH3 is 1. The number of amides is 2. The highest BCUT2D eigenvalue weighted by molar-refractivity contribution is 5.88. The largest absolute Gasteiger partial charge is 0.375 e. The lowest BCUT2D eigenvalue weighted by Gasteiger charge is -2.15. The smallest absolute Gasteiger partial charge is 0.246 e. The Morgan fingerprint density at radius 1 is 1.41 bits per heavy atom. The van der Waals surface area contributed by atoms with Gasteiger partial charge in [-0.2, -0.15) is 0 Å². The Labute approximate surface area is 97.7 Å². The van der Waals surface area contributed by atoms with E-state index in [1.54, 1.807) is 0 Å². The minimum atomic E-state index is -0.988. The van der Waals surface area contributed by atoms with Gasteiger partial charge in [0.15, 0.2) is 0 Å². The summed E-state index contributed by atoms with van der Waals surface area (Å²) in [4.78, 5) is 22.5. The zero-order chi connectivity index (χ0) is 12.8. The van der Waals surface area contributed by atoms with Crippen molar-refractivity contribution in [2.24, 2.45) is 5.73 Å². The van der Waals surface area contributed by atoms with Crippen LogP contribution in [0.2, 0.25) is 0 Å². The van der Waals surface area contributed by atoms with Gasteiger partial charge in [0.2, 0.25) is 11.8 Å². The second kappa shape index (κ2) is 5.95. The third kappa shape index (κ3) is 3.84. The summed E-state index contributed by atoms with van der Waals surface area (Å²) in [5.74, 6) is -1.62. The summed E-state index contributed by atoms with van der Waals surface area (Å²) >= 11 is 0. The molecule has 0 aromatic heterocycles. The Morgan fingerprint density at radius 3 is 2.47 bits per heavy atom. The molecule has 0 aliphatic carbocycles. The second-order valence-electron chi connectivity index (χ2n) is 3.39. The number of benzene rings is 1. The van der Waals surface area contributed by atoms with Gasteiger partial charge in [-0.1, -0.05) is 12.1 Å². The number of carbonyl (C=O) groups is 2. The first-order valence-corrected chi connectivity index (χ1v) is 4.87. The van der Waals surface area contributed by atoms with Gasteiger partial charge in [0.1, 0.15) is 18.5 Å². The van der Waals surface area contributed by atoms with Gasteiger partial charge in [0.05, 0.1) is 0 Å². The van der Waals surface area contributed by atoms with Gasteiger partial charge in [-0.15, -0.1) is 0 Å². The molecule has 92 valence electrons. The van der Waals surface area contributed by atoms with E-state index in [9.17, 15) is 14.0 Å². The van der Waals surface area contributed by atoms with Crippen LogP contribution in [-0.4, -0.2) is 25.5 Å². The molecule has 17 heavy (non-hydrogen) atoms. The molecule has 1 aromatic rings. The van der Waals surface area contributed by atoms with E-state index in [0.717, 1.165) is 0 Å². The first kappa shape index (κ1) is 13.1. The molecule has 0 spiro atoms. The normalized spacial score (nSPS) is 11.9. The summed E-state index contributed by atoms with van der Waals surface area (Å²) in [5, 5.41) is 2.39. The number of nitrogens with one attached hydrogen (secondary N) is 1. The van der Waals surface area contributed by atoms with Crippen LogP contribution < -0.4 is 11.1 Å². The van der Waals surface area contributed by atoms with Crippen LogP contribution in [0.3, 0.4) is 0 Å². The zero-order valence-corrected chi connectivity index (χ0v) is 9.27. The van der Waals surface area contributed by atoms with Crippen molar-refractivity contribution in [3.8, 4) is 0 Å². The molecule has 0 bridgehead atoms. The van der Waals surface area contributed by atoms with Crippen molar-refractivity contribution in [1.29, 1.82) is 0 Å². The van der Waals surface area contributed by atoms with Crippen molar-refractivity contribution in [3.63, 3.8) is 0 Å². The molecule has 0 radical (unpaired) electrons. The van der Waals surface area contributed by atoms with Gasteiger partial charge >= 0.3 is 0 Å². The summed E-state index contributed by atoms with van der Waals surface area (Å²) in [6.45, 7) is -0.176. The Bertz CT molecular complexity index is 406. The lowest BCUT2D eigenvalue weighted by molar-refractivity contribution is -0.129. The lowest BCUT2D eigenvalue weighted by Crippen LogP contribution is -2.39. The van der Waals surface area contributed by atoms with E-state index < -0.39 is 23.7 Å². The fraction of sp³-hybridized carbons (Fsp3) is 0.273. The van der Waals surface area contributed by atoms with Crippen LogP contribution in [0.4, 0.5) is 4.39 Å². The van der Waals surface area contributed by atoms with E-state index >= 15 is 0 Å². The summed E-state index contributed by atoms with van der Waals surface area (Å²) in [7, 11) is 1.36. The maximum atomic E-state index is 12.7. The average molecular weight is 240 g/mol. The number of rotatable bonds is 5. The molecule has 0 aliphatic heterocycles. The van der Waals surface area contributed by atoms with Crippen LogP contribution in [0.5, 0.6) is 0 Å². The Kier molecular flexibility index (Phi) is 4.59. The van der Waals surface area contributed by atoms with Crippen molar-refractivity contribution in [3.05, 3.63) is 35.6 Å². The Balaban J connectivity index is 2.82. The summed E-state index contributed by atoms with van der Waals surface area (Å²) in [5.41, 5.74) is 5.58. The predicted octanol–water partition coefficient (Wildman–Crippen LogP) is 0.115. The molecule has 5 nitrogen and oxygen atoms in total. The molecule has 0 aliphatic rings. The van der Waals surface area contributed by atoms with Gasteiger partial charge in [-0.05, 0) is 17.7 Å². The molecule has 0 heterocycles. The molecule has 0 saturated carbocycles. The number of hydrogen-bond donors (Lipinski definition) is 2. The number of halogens is 1. The van der Waals surface area contributed by atoms with Crippen molar-refractivity contribution in [2.45, 2.75) is 6.04 Å². The maximum absolute atomic E-state index is 12.7. The predicted molar refractivity (Wildman–Crippen MR) is 58.4 cm³/mol. The number of primary amides is 1. The van der Waals surface area contributed by atoms with E-state index in [-0.39, 0.29) is 6.61 Å². The highest BCUT2D eigenvalue weighted by Crippen LogP contribution is 2.13. The van der Waals surface area contributed by atoms with Crippen LogP contribution in [0.25, 0.3) is 0 Å². The highest BCUT2D eigenvalue weighted by Gasteiger charge is 2.19. The van der Waals surface area contributed by atoms with Crippen LogP contribution in [0.1, 0.15) is 11.6 Å². The topological polar surface area (TPSA) is 81.4 Å². The van der Waals surface area contributed by atoms with Gasteiger partial charge in [0.25, 0.3) is 0 Å². The Morgan fingerprint density at radius 2 is 2.00 bits per heavy atom. The number of nitrogens with two attached hydrogens (primary N) is 1. The van der Waals surface area contributed by atoms with Gasteiger partial charge in [0, 0.05) is 7.11 Å². The number of ether oxygens (including phenoxy) is 1. The minimum absolute atomic E-state index is 0.176. The number of hydrogen-bond acceptors (Lipinski definition) is 3. The molecule has 1 unspecified atom stereocenters. The minimum Gasteiger partial charge on any atom is -0.375 e. The van der Waals surface area contributed by atoms with Crippen molar-refractivity contribution >= 4 is 11.8 Å². The summed E-state index contributed by atoms with van der Waals surface area (Å²) in [6, 6.07) is 4.16. The van der Waals surface area contributed by atoms with Crippen LogP contribution in [-0.2, 0) is 14.3 Å². The first-order chi connectivity index (χ1) is 8.04. The fourth-order valence-corrected chi connectivity index (χ4v) is 1.31. The monoisotopic (exact) mass is 240 g/mol. The third-order valence-corrected chi connectivity index (χ3v) is 2.07. The van der Waals surface area contributed by atoms with Crippen molar-refractivity contribution in [2.75, 3.05) is 13.7 Å². The average Bonchev–Trinajstić information content (AvgIpc) is 2.27. The standard InChI is InChI=1S/C11H13FN2O3/c1-17-6-9(15)14-10(11(13)16)7-2-4-8(12)5-3-7/h2-5,10H,6H2,1H3,(H2,13,16)(H,14,15). The van der Waals surface area contributed by atoms with E-state index in [4.69, 9.17) is 5.73 Å². The lowest BCUT2D eigenvalue weighted by atomic mass is 10.1. The highest BCUT2D eigenvalue weighted by atomic mass is 19.1. The van der Waals surface area contributed by atoms with Crippen molar-refractivity contribution < 1.29 is 18.7 Å². The first-order valence-electron chi connectivity index (χ1n) is 4.87. The molecule has 1 rings (SSSR count). The molecular formula is C11H13FN2O3. The molecule has 6 heteroatoms. The third-order valence-electron chi connectivity index (χ3n) is 2.07. The van der Waals surface area contributed by atoms with E-state index in [2.05, 4.69) is 10.1 Å². The van der Waals surface area contributed by atoms with Gasteiger partial charge in [-0.3, -0.25) is 9.59 Å². The SMILES string of the molecule is COCC(=O)NC(C(N)=O)c1ccc(F)cc1.